The molecule has 1 saturated carbocycles. The van der Waals surface area contributed by atoms with Gasteiger partial charge in [-0.25, -0.2) is 0 Å². The molecule has 0 atom stereocenters. The summed E-state index contributed by atoms with van der Waals surface area (Å²) in [7, 11) is 0. The van der Waals surface area contributed by atoms with Crippen LogP contribution < -0.4 is 5.32 Å². The minimum Gasteiger partial charge on any atom is -0.381 e. The molecule has 1 fully saturated rings. The predicted molar refractivity (Wildman–Crippen MR) is 81.9 cm³/mol. The van der Waals surface area contributed by atoms with Gasteiger partial charge in [-0.3, -0.25) is 0 Å². The van der Waals surface area contributed by atoms with Gasteiger partial charge >= 0.3 is 0 Å². The monoisotopic (exact) mass is 271 g/mol. The average molecular weight is 272 g/mol. The van der Waals surface area contributed by atoms with E-state index in [0.717, 1.165) is 28.7 Å². The molecule has 98 valence electrons. The second-order valence-corrected chi connectivity index (χ2v) is 5.74. The van der Waals surface area contributed by atoms with E-state index in [9.17, 15) is 0 Å². The summed E-state index contributed by atoms with van der Waals surface area (Å²) in [4.78, 5) is 0. The van der Waals surface area contributed by atoms with Gasteiger partial charge in [0.2, 0.25) is 0 Å². The van der Waals surface area contributed by atoms with Gasteiger partial charge in [-0.1, -0.05) is 41.9 Å². The third kappa shape index (κ3) is 3.10. The molecule has 0 spiro atoms. The summed E-state index contributed by atoms with van der Waals surface area (Å²) < 4.78 is 0. The zero-order chi connectivity index (χ0) is 13.2. The Morgan fingerprint density at radius 3 is 2.47 bits per heavy atom. The van der Waals surface area contributed by atoms with Crippen LogP contribution in [0.15, 0.2) is 42.5 Å². The van der Waals surface area contributed by atoms with Crippen LogP contribution in [0.2, 0.25) is 5.02 Å². The lowest BCUT2D eigenvalue weighted by molar-refractivity contribution is 1.10. The van der Waals surface area contributed by atoms with Crippen LogP contribution in [-0.2, 0) is 6.54 Å². The maximum absolute atomic E-state index is 6.12. The quantitative estimate of drug-likeness (QED) is 0.812. The fourth-order valence-electron chi connectivity index (χ4n) is 2.23. The van der Waals surface area contributed by atoms with Crippen molar-refractivity contribution in [3.8, 4) is 0 Å². The molecule has 0 unspecified atom stereocenters. The summed E-state index contributed by atoms with van der Waals surface area (Å²) in [6.45, 7) is 2.85. The van der Waals surface area contributed by atoms with Crippen LogP contribution in [0.1, 0.15) is 35.4 Å². The van der Waals surface area contributed by atoms with E-state index in [2.05, 4.69) is 35.6 Å². The summed E-state index contributed by atoms with van der Waals surface area (Å²) >= 11 is 6.12. The number of anilines is 1. The van der Waals surface area contributed by atoms with Crippen LogP contribution in [0.25, 0.3) is 0 Å². The highest BCUT2D eigenvalue weighted by Gasteiger charge is 2.22. The first-order valence-corrected chi connectivity index (χ1v) is 7.19. The van der Waals surface area contributed by atoms with Crippen molar-refractivity contribution in [3.05, 3.63) is 64.2 Å². The molecule has 0 aromatic heterocycles. The van der Waals surface area contributed by atoms with Gasteiger partial charge in [-0.05, 0) is 54.5 Å². The van der Waals surface area contributed by atoms with E-state index in [-0.39, 0.29) is 0 Å². The van der Waals surface area contributed by atoms with Crippen molar-refractivity contribution >= 4 is 17.3 Å². The summed E-state index contributed by atoms with van der Waals surface area (Å²) in [6.07, 6.45) is 2.72. The molecule has 0 bridgehead atoms. The molecule has 2 aromatic carbocycles. The first-order chi connectivity index (χ1) is 9.22. The summed E-state index contributed by atoms with van der Waals surface area (Å²) in [5.74, 6) is 0.831. The third-order valence-corrected chi connectivity index (χ3v) is 4.10. The Kier molecular flexibility index (Phi) is 3.48. The Labute approximate surface area is 119 Å². The van der Waals surface area contributed by atoms with Gasteiger partial charge in [0.1, 0.15) is 0 Å². The Morgan fingerprint density at radius 1 is 1.11 bits per heavy atom. The molecule has 0 heterocycles. The highest BCUT2D eigenvalue weighted by atomic mass is 35.5. The lowest BCUT2D eigenvalue weighted by Crippen LogP contribution is -1.99. The van der Waals surface area contributed by atoms with Crippen molar-refractivity contribution in [1.29, 1.82) is 0 Å². The molecule has 3 rings (SSSR count). The molecule has 2 aromatic rings. The predicted octanol–water partition coefficient (Wildman–Crippen LogP) is 5.14. The molecule has 0 amide bonds. The zero-order valence-corrected chi connectivity index (χ0v) is 11.9. The van der Waals surface area contributed by atoms with Crippen LogP contribution in [0.3, 0.4) is 0 Å². The number of halogens is 1. The Morgan fingerprint density at radius 2 is 1.84 bits per heavy atom. The van der Waals surface area contributed by atoms with Crippen molar-refractivity contribution in [1.82, 2.24) is 0 Å². The highest BCUT2D eigenvalue weighted by molar-refractivity contribution is 6.31. The van der Waals surface area contributed by atoms with Crippen LogP contribution in [0.5, 0.6) is 0 Å². The minimum absolute atomic E-state index is 0.814. The number of aryl methyl sites for hydroxylation is 1. The lowest BCUT2D eigenvalue weighted by atomic mass is 10.1. The molecule has 19 heavy (non-hydrogen) atoms. The van der Waals surface area contributed by atoms with Crippen molar-refractivity contribution < 1.29 is 0 Å². The first kappa shape index (κ1) is 12.6. The SMILES string of the molecule is Cc1ccc(NCc2ccc(C3CC3)cc2)cc1Cl. The fraction of sp³-hybridized carbons (Fsp3) is 0.294. The van der Waals surface area contributed by atoms with Crippen LogP contribution in [-0.4, -0.2) is 0 Å². The van der Waals surface area contributed by atoms with E-state index < -0.39 is 0 Å². The van der Waals surface area contributed by atoms with Gasteiger partial charge in [-0.2, -0.15) is 0 Å². The molecule has 1 aliphatic rings. The Balaban J connectivity index is 1.63. The summed E-state index contributed by atoms with van der Waals surface area (Å²) in [5, 5.41) is 4.22. The molecule has 0 radical (unpaired) electrons. The topological polar surface area (TPSA) is 12.0 Å². The van der Waals surface area contributed by atoms with Gasteiger partial charge < -0.3 is 5.32 Å². The molecule has 1 aliphatic carbocycles. The molecule has 0 saturated heterocycles. The summed E-state index contributed by atoms with van der Waals surface area (Å²) in [5.41, 5.74) is 4.98. The van der Waals surface area contributed by atoms with Gasteiger partial charge in [0, 0.05) is 17.3 Å². The molecule has 2 heteroatoms. The fourth-order valence-corrected chi connectivity index (χ4v) is 2.41. The highest BCUT2D eigenvalue weighted by Crippen LogP contribution is 2.39. The molecular formula is C17H18ClN. The second kappa shape index (κ2) is 5.26. The van der Waals surface area contributed by atoms with Crippen molar-refractivity contribution in [2.45, 2.75) is 32.2 Å². The van der Waals surface area contributed by atoms with Crippen LogP contribution >= 0.6 is 11.6 Å². The molecular weight excluding hydrogens is 254 g/mol. The molecule has 1 nitrogen and oxygen atoms in total. The maximum atomic E-state index is 6.12. The first-order valence-electron chi connectivity index (χ1n) is 6.81. The van der Waals surface area contributed by atoms with E-state index in [0.29, 0.717) is 0 Å². The van der Waals surface area contributed by atoms with Gasteiger partial charge in [0.15, 0.2) is 0 Å². The normalized spacial score (nSPS) is 14.4. The maximum Gasteiger partial charge on any atom is 0.0455 e. The Hall–Kier alpha value is -1.47. The number of benzene rings is 2. The van der Waals surface area contributed by atoms with E-state index >= 15 is 0 Å². The van der Waals surface area contributed by atoms with Gasteiger partial charge in [0.25, 0.3) is 0 Å². The summed E-state index contributed by atoms with van der Waals surface area (Å²) in [6, 6.07) is 15.1. The van der Waals surface area contributed by atoms with Crippen molar-refractivity contribution in [3.63, 3.8) is 0 Å². The number of hydrogen-bond acceptors (Lipinski definition) is 1. The third-order valence-electron chi connectivity index (χ3n) is 3.70. The molecule has 0 aliphatic heterocycles. The largest absolute Gasteiger partial charge is 0.381 e. The second-order valence-electron chi connectivity index (χ2n) is 5.33. The number of rotatable bonds is 4. The van der Waals surface area contributed by atoms with E-state index in [1.807, 2.05) is 19.1 Å². The van der Waals surface area contributed by atoms with E-state index in [1.54, 1.807) is 0 Å². The molecule has 1 N–H and O–H groups in total. The lowest BCUT2D eigenvalue weighted by Gasteiger charge is -2.08. The van der Waals surface area contributed by atoms with Gasteiger partial charge in [-0.15, -0.1) is 0 Å². The van der Waals surface area contributed by atoms with E-state index in [1.165, 1.54) is 24.0 Å². The van der Waals surface area contributed by atoms with Crippen molar-refractivity contribution in [2.24, 2.45) is 0 Å². The van der Waals surface area contributed by atoms with Gasteiger partial charge in [0.05, 0.1) is 0 Å². The standard InChI is InChI=1S/C17H18ClN/c1-12-2-9-16(10-17(12)18)19-11-13-3-5-14(6-4-13)15-7-8-15/h2-6,9-10,15,19H,7-8,11H2,1H3. The minimum atomic E-state index is 0.814. The van der Waals surface area contributed by atoms with Crippen LogP contribution in [0.4, 0.5) is 5.69 Å². The Bertz CT molecular complexity index is 570. The van der Waals surface area contributed by atoms with Crippen molar-refractivity contribution in [2.75, 3.05) is 5.32 Å². The smallest absolute Gasteiger partial charge is 0.0455 e. The number of nitrogens with one attached hydrogen (secondary N) is 1. The van der Waals surface area contributed by atoms with E-state index in [4.69, 9.17) is 11.6 Å². The average Bonchev–Trinajstić information content (AvgIpc) is 3.25. The zero-order valence-electron chi connectivity index (χ0n) is 11.1. The number of hydrogen-bond donors (Lipinski definition) is 1. The van der Waals surface area contributed by atoms with Crippen LogP contribution in [0, 0.1) is 6.92 Å².